The molecule has 96 valence electrons. The van der Waals surface area contributed by atoms with E-state index < -0.39 is 0 Å². The first kappa shape index (κ1) is 13.1. The molecule has 0 saturated carbocycles. The van der Waals surface area contributed by atoms with Gasteiger partial charge in [-0.3, -0.25) is 4.68 Å². The van der Waals surface area contributed by atoms with Crippen molar-refractivity contribution < 1.29 is 0 Å². The molecule has 1 N–H and O–H groups in total. The monoisotopic (exact) mass is 307 g/mol. The SMILES string of the molecule is CCc1cc(CNc2cccc(C)c2Br)n(C)n1. The maximum Gasteiger partial charge on any atom is 0.0625 e. The molecule has 0 fully saturated rings. The van der Waals surface area contributed by atoms with Crippen molar-refractivity contribution in [3.05, 3.63) is 45.7 Å². The van der Waals surface area contributed by atoms with Gasteiger partial charge in [0.1, 0.15) is 0 Å². The second-order valence-electron chi connectivity index (χ2n) is 4.39. The molecule has 0 saturated heterocycles. The molecule has 1 aromatic heterocycles. The number of nitrogens with zero attached hydrogens (tertiary/aromatic N) is 2. The van der Waals surface area contributed by atoms with E-state index >= 15 is 0 Å². The summed E-state index contributed by atoms with van der Waals surface area (Å²) in [7, 11) is 1.99. The lowest BCUT2D eigenvalue weighted by atomic mass is 10.2. The summed E-state index contributed by atoms with van der Waals surface area (Å²) in [5.74, 6) is 0. The molecule has 0 aliphatic heterocycles. The van der Waals surface area contributed by atoms with Crippen LogP contribution in [0.1, 0.15) is 23.9 Å². The van der Waals surface area contributed by atoms with Crippen molar-refractivity contribution in [3.63, 3.8) is 0 Å². The van der Waals surface area contributed by atoms with Gasteiger partial charge >= 0.3 is 0 Å². The fourth-order valence-electron chi connectivity index (χ4n) is 1.88. The highest BCUT2D eigenvalue weighted by Crippen LogP contribution is 2.26. The Bertz CT molecular complexity index is 546. The number of anilines is 1. The third-order valence-corrected chi connectivity index (χ3v) is 4.09. The predicted octanol–water partition coefficient (Wildman–Crippen LogP) is 3.67. The molecule has 0 radical (unpaired) electrons. The molecule has 0 amide bonds. The molecule has 2 rings (SSSR count). The third-order valence-electron chi connectivity index (χ3n) is 3.04. The lowest BCUT2D eigenvalue weighted by molar-refractivity contribution is 0.707. The fourth-order valence-corrected chi connectivity index (χ4v) is 2.28. The minimum atomic E-state index is 0.783. The Morgan fingerprint density at radius 1 is 1.39 bits per heavy atom. The molecule has 2 aromatic rings. The van der Waals surface area contributed by atoms with Crippen molar-refractivity contribution in [1.82, 2.24) is 9.78 Å². The normalized spacial score (nSPS) is 10.7. The van der Waals surface area contributed by atoms with Crippen molar-refractivity contribution >= 4 is 21.6 Å². The first-order chi connectivity index (χ1) is 8.61. The summed E-state index contributed by atoms with van der Waals surface area (Å²) in [6.45, 7) is 5.00. The van der Waals surface area contributed by atoms with Crippen molar-refractivity contribution in [1.29, 1.82) is 0 Å². The first-order valence-corrected chi connectivity index (χ1v) is 6.92. The summed E-state index contributed by atoms with van der Waals surface area (Å²) >= 11 is 3.61. The number of hydrogen-bond donors (Lipinski definition) is 1. The number of aromatic nitrogens is 2. The molecule has 1 aromatic carbocycles. The van der Waals surface area contributed by atoms with E-state index in [1.54, 1.807) is 0 Å². The van der Waals surface area contributed by atoms with Crippen LogP contribution in [0.25, 0.3) is 0 Å². The van der Waals surface area contributed by atoms with E-state index in [2.05, 4.69) is 64.5 Å². The Labute approximate surface area is 116 Å². The molecular weight excluding hydrogens is 290 g/mol. The number of aryl methyl sites for hydroxylation is 3. The molecule has 0 atom stereocenters. The molecule has 0 spiro atoms. The molecular formula is C14H18BrN3. The summed E-state index contributed by atoms with van der Waals surface area (Å²) in [5, 5.41) is 7.89. The topological polar surface area (TPSA) is 29.9 Å². The summed E-state index contributed by atoms with van der Waals surface area (Å²) in [6, 6.07) is 8.38. The van der Waals surface area contributed by atoms with Crippen molar-refractivity contribution in [2.75, 3.05) is 5.32 Å². The van der Waals surface area contributed by atoms with Crippen LogP contribution >= 0.6 is 15.9 Å². The summed E-state index contributed by atoms with van der Waals surface area (Å²) in [6.07, 6.45) is 0.974. The zero-order valence-electron chi connectivity index (χ0n) is 11.0. The van der Waals surface area contributed by atoms with Gasteiger partial charge in [0.15, 0.2) is 0 Å². The zero-order chi connectivity index (χ0) is 13.1. The number of hydrogen-bond acceptors (Lipinski definition) is 2. The highest BCUT2D eigenvalue weighted by Gasteiger charge is 2.05. The highest BCUT2D eigenvalue weighted by atomic mass is 79.9. The van der Waals surface area contributed by atoms with Gasteiger partial charge in [-0.15, -0.1) is 0 Å². The van der Waals surface area contributed by atoms with E-state index in [4.69, 9.17) is 0 Å². The molecule has 0 unspecified atom stereocenters. The van der Waals surface area contributed by atoms with Gasteiger partial charge in [0, 0.05) is 17.2 Å². The second-order valence-corrected chi connectivity index (χ2v) is 5.19. The molecule has 18 heavy (non-hydrogen) atoms. The standard InChI is InChI=1S/C14H18BrN3/c1-4-11-8-12(18(3)17-11)9-16-13-7-5-6-10(2)14(13)15/h5-8,16H,4,9H2,1-3H3. The van der Waals surface area contributed by atoms with Gasteiger partial charge in [-0.05, 0) is 47.0 Å². The average Bonchev–Trinajstić information content (AvgIpc) is 2.72. The quantitative estimate of drug-likeness (QED) is 0.934. The molecule has 4 heteroatoms. The maximum absolute atomic E-state index is 4.45. The van der Waals surface area contributed by atoms with E-state index in [0.717, 1.165) is 28.8 Å². The van der Waals surface area contributed by atoms with Gasteiger partial charge in [-0.25, -0.2) is 0 Å². The van der Waals surface area contributed by atoms with Gasteiger partial charge in [0.2, 0.25) is 0 Å². The Morgan fingerprint density at radius 3 is 2.83 bits per heavy atom. The van der Waals surface area contributed by atoms with E-state index in [9.17, 15) is 0 Å². The van der Waals surface area contributed by atoms with Crippen LogP contribution in [0.5, 0.6) is 0 Å². The number of rotatable bonds is 4. The van der Waals surface area contributed by atoms with E-state index in [-0.39, 0.29) is 0 Å². The summed E-state index contributed by atoms with van der Waals surface area (Å²) in [4.78, 5) is 0. The van der Waals surface area contributed by atoms with E-state index in [1.807, 2.05) is 11.7 Å². The first-order valence-electron chi connectivity index (χ1n) is 6.12. The Morgan fingerprint density at radius 2 is 2.17 bits per heavy atom. The average molecular weight is 308 g/mol. The van der Waals surface area contributed by atoms with E-state index in [0.29, 0.717) is 0 Å². The predicted molar refractivity (Wildman–Crippen MR) is 78.8 cm³/mol. The summed E-state index contributed by atoms with van der Waals surface area (Å²) in [5.41, 5.74) is 4.69. The highest BCUT2D eigenvalue weighted by molar-refractivity contribution is 9.10. The van der Waals surface area contributed by atoms with Crippen LogP contribution in [0.3, 0.4) is 0 Å². The minimum absolute atomic E-state index is 0.783. The minimum Gasteiger partial charge on any atom is -0.378 e. The van der Waals surface area contributed by atoms with Crippen molar-refractivity contribution in [2.45, 2.75) is 26.8 Å². The fraction of sp³-hybridized carbons (Fsp3) is 0.357. The van der Waals surface area contributed by atoms with Crippen LogP contribution in [0.15, 0.2) is 28.7 Å². The number of benzene rings is 1. The number of nitrogens with one attached hydrogen (secondary N) is 1. The van der Waals surface area contributed by atoms with Crippen LogP contribution in [0.2, 0.25) is 0 Å². The van der Waals surface area contributed by atoms with E-state index in [1.165, 1.54) is 11.3 Å². The van der Waals surface area contributed by atoms with Crippen LogP contribution < -0.4 is 5.32 Å². The van der Waals surface area contributed by atoms with Gasteiger partial charge < -0.3 is 5.32 Å². The third kappa shape index (κ3) is 2.75. The Kier molecular flexibility index (Phi) is 4.07. The lowest BCUT2D eigenvalue weighted by Crippen LogP contribution is -2.06. The molecule has 0 aliphatic carbocycles. The maximum atomic E-state index is 4.45. The Balaban J connectivity index is 2.11. The van der Waals surface area contributed by atoms with Crippen LogP contribution in [0, 0.1) is 6.92 Å². The van der Waals surface area contributed by atoms with Gasteiger partial charge in [0.25, 0.3) is 0 Å². The van der Waals surface area contributed by atoms with Gasteiger partial charge in [-0.1, -0.05) is 19.1 Å². The van der Waals surface area contributed by atoms with Crippen LogP contribution in [-0.2, 0) is 20.0 Å². The second kappa shape index (κ2) is 5.57. The van der Waals surface area contributed by atoms with Gasteiger partial charge in [0.05, 0.1) is 17.9 Å². The van der Waals surface area contributed by atoms with Crippen LogP contribution in [-0.4, -0.2) is 9.78 Å². The molecule has 3 nitrogen and oxygen atoms in total. The largest absolute Gasteiger partial charge is 0.378 e. The number of halogens is 1. The summed E-state index contributed by atoms with van der Waals surface area (Å²) < 4.78 is 3.07. The lowest BCUT2D eigenvalue weighted by Gasteiger charge is -2.10. The van der Waals surface area contributed by atoms with Gasteiger partial charge in [-0.2, -0.15) is 5.10 Å². The zero-order valence-corrected chi connectivity index (χ0v) is 12.6. The molecule has 1 heterocycles. The molecule has 0 aliphatic rings. The smallest absolute Gasteiger partial charge is 0.0625 e. The Hall–Kier alpha value is -1.29. The van der Waals surface area contributed by atoms with Crippen molar-refractivity contribution in [3.8, 4) is 0 Å². The molecule has 0 bridgehead atoms. The van der Waals surface area contributed by atoms with Crippen LogP contribution in [0.4, 0.5) is 5.69 Å². The van der Waals surface area contributed by atoms with Crippen molar-refractivity contribution in [2.24, 2.45) is 7.05 Å².